The van der Waals surface area contributed by atoms with Crippen molar-refractivity contribution in [2.45, 2.75) is 49.2 Å². The van der Waals surface area contributed by atoms with E-state index in [1.165, 1.54) is 12.1 Å². The van der Waals surface area contributed by atoms with E-state index in [2.05, 4.69) is 16.2 Å². The van der Waals surface area contributed by atoms with Gasteiger partial charge in [-0.1, -0.05) is 6.07 Å². The summed E-state index contributed by atoms with van der Waals surface area (Å²) in [6.45, 7) is 2.99. The number of halogens is 1. The summed E-state index contributed by atoms with van der Waals surface area (Å²) in [5.41, 5.74) is 7.30. The zero-order valence-corrected chi connectivity index (χ0v) is 14.3. The Hall–Kier alpha value is -1.02. The van der Waals surface area contributed by atoms with Crippen molar-refractivity contribution in [3.8, 4) is 0 Å². The SMILES string of the molecule is CC(NC1CCC2NNCC2C1)c1ccc(S(C)(=O)=O)c(F)c1. The Morgan fingerprint density at radius 3 is 2.83 bits per heavy atom. The number of rotatable bonds is 4. The van der Waals surface area contributed by atoms with E-state index < -0.39 is 15.7 Å². The molecule has 23 heavy (non-hydrogen) atoms. The lowest BCUT2D eigenvalue weighted by Crippen LogP contribution is -2.42. The van der Waals surface area contributed by atoms with Gasteiger partial charge in [-0.05, 0) is 49.8 Å². The van der Waals surface area contributed by atoms with E-state index in [-0.39, 0.29) is 10.9 Å². The molecule has 128 valence electrons. The second-order valence-corrected chi connectivity index (χ2v) is 8.74. The predicted molar refractivity (Wildman–Crippen MR) is 87.1 cm³/mol. The second-order valence-electron chi connectivity index (χ2n) is 6.75. The van der Waals surface area contributed by atoms with Crippen LogP contribution in [0.3, 0.4) is 0 Å². The molecule has 0 radical (unpaired) electrons. The molecule has 0 bridgehead atoms. The molecule has 2 fully saturated rings. The zero-order valence-electron chi connectivity index (χ0n) is 13.5. The van der Waals surface area contributed by atoms with Crippen LogP contribution in [0.5, 0.6) is 0 Å². The molecular formula is C16H24FN3O2S. The minimum absolute atomic E-state index is 0.0121. The summed E-state index contributed by atoms with van der Waals surface area (Å²) in [5, 5.41) is 3.56. The van der Waals surface area contributed by atoms with Gasteiger partial charge in [0.15, 0.2) is 9.84 Å². The molecule has 1 aromatic rings. The molecule has 1 aliphatic carbocycles. The van der Waals surface area contributed by atoms with E-state index in [9.17, 15) is 12.8 Å². The Morgan fingerprint density at radius 2 is 2.13 bits per heavy atom. The molecule has 3 N–H and O–H groups in total. The van der Waals surface area contributed by atoms with Gasteiger partial charge in [-0.15, -0.1) is 0 Å². The van der Waals surface area contributed by atoms with Gasteiger partial charge >= 0.3 is 0 Å². The van der Waals surface area contributed by atoms with Crippen molar-refractivity contribution in [1.29, 1.82) is 0 Å². The number of hydrogen-bond donors (Lipinski definition) is 3. The number of nitrogens with one attached hydrogen (secondary N) is 3. The highest BCUT2D eigenvalue weighted by atomic mass is 32.2. The monoisotopic (exact) mass is 341 g/mol. The normalized spacial score (nSPS) is 29.3. The van der Waals surface area contributed by atoms with Crippen LogP contribution in [0.25, 0.3) is 0 Å². The fraction of sp³-hybridized carbons (Fsp3) is 0.625. The number of hydrazine groups is 1. The first-order chi connectivity index (χ1) is 10.8. The molecule has 0 aromatic heterocycles. The Balaban J connectivity index is 1.66. The summed E-state index contributed by atoms with van der Waals surface area (Å²) in [7, 11) is -3.52. The summed E-state index contributed by atoms with van der Waals surface area (Å²) < 4.78 is 37.0. The van der Waals surface area contributed by atoms with Gasteiger partial charge in [-0.3, -0.25) is 10.9 Å². The highest BCUT2D eigenvalue weighted by Gasteiger charge is 2.34. The molecule has 1 saturated carbocycles. The van der Waals surface area contributed by atoms with Crippen LogP contribution in [0.15, 0.2) is 23.1 Å². The topological polar surface area (TPSA) is 70.2 Å². The molecule has 2 aliphatic rings. The zero-order chi connectivity index (χ0) is 16.6. The van der Waals surface area contributed by atoms with E-state index in [1.54, 1.807) is 6.07 Å². The number of benzene rings is 1. The number of sulfone groups is 1. The lowest BCUT2D eigenvalue weighted by molar-refractivity contribution is 0.258. The largest absolute Gasteiger partial charge is 0.307 e. The van der Waals surface area contributed by atoms with E-state index in [1.807, 2.05) is 6.92 Å². The molecule has 7 heteroatoms. The van der Waals surface area contributed by atoms with Crippen molar-refractivity contribution < 1.29 is 12.8 Å². The highest BCUT2D eigenvalue weighted by Crippen LogP contribution is 2.28. The first-order valence-electron chi connectivity index (χ1n) is 8.08. The first kappa shape index (κ1) is 16.8. The van der Waals surface area contributed by atoms with Gasteiger partial charge < -0.3 is 5.32 Å². The van der Waals surface area contributed by atoms with Crippen molar-refractivity contribution in [2.24, 2.45) is 5.92 Å². The van der Waals surface area contributed by atoms with Gasteiger partial charge in [-0.2, -0.15) is 0 Å². The Morgan fingerprint density at radius 1 is 1.35 bits per heavy atom. The molecule has 4 atom stereocenters. The fourth-order valence-electron chi connectivity index (χ4n) is 3.69. The molecule has 1 aliphatic heterocycles. The van der Waals surface area contributed by atoms with Gasteiger partial charge in [-0.25, -0.2) is 12.8 Å². The lowest BCUT2D eigenvalue weighted by atomic mass is 9.82. The van der Waals surface area contributed by atoms with E-state index in [0.29, 0.717) is 18.0 Å². The van der Waals surface area contributed by atoms with E-state index in [0.717, 1.165) is 37.6 Å². The lowest BCUT2D eigenvalue weighted by Gasteiger charge is -2.33. The Bertz CT molecular complexity index is 680. The summed E-state index contributed by atoms with van der Waals surface area (Å²) in [6.07, 6.45) is 4.33. The van der Waals surface area contributed by atoms with Gasteiger partial charge in [0.1, 0.15) is 10.7 Å². The summed E-state index contributed by atoms with van der Waals surface area (Å²) in [4.78, 5) is -0.239. The van der Waals surface area contributed by atoms with Crippen molar-refractivity contribution in [3.63, 3.8) is 0 Å². The number of fused-ring (bicyclic) bond motifs is 1. The standard InChI is InChI=1S/C16H24FN3O2S/c1-10(11-3-6-16(14(17)8-11)23(2,21)22)19-13-4-5-15-12(7-13)9-18-20-15/h3,6,8,10,12-13,15,18-20H,4-5,7,9H2,1-2H3. The van der Waals surface area contributed by atoms with Crippen LogP contribution in [-0.2, 0) is 9.84 Å². The third-order valence-corrected chi connectivity index (χ3v) is 6.11. The van der Waals surface area contributed by atoms with Crippen molar-refractivity contribution in [1.82, 2.24) is 16.2 Å². The molecule has 3 rings (SSSR count). The minimum atomic E-state index is -3.52. The third kappa shape index (κ3) is 3.74. The average molecular weight is 341 g/mol. The third-order valence-electron chi connectivity index (χ3n) is 4.98. The number of hydrogen-bond acceptors (Lipinski definition) is 5. The molecule has 1 aromatic carbocycles. The minimum Gasteiger partial charge on any atom is -0.307 e. The Kier molecular flexibility index (Phi) is 4.73. The molecule has 0 spiro atoms. The van der Waals surface area contributed by atoms with Crippen LogP contribution in [-0.4, -0.2) is 33.3 Å². The highest BCUT2D eigenvalue weighted by molar-refractivity contribution is 7.90. The molecule has 1 heterocycles. The van der Waals surface area contributed by atoms with Crippen LogP contribution in [0.4, 0.5) is 4.39 Å². The van der Waals surface area contributed by atoms with Crippen LogP contribution in [0.2, 0.25) is 0 Å². The summed E-state index contributed by atoms with van der Waals surface area (Å²) in [6, 6.07) is 5.35. The van der Waals surface area contributed by atoms with Crippen LogP contribution in [0.1, 0.15) is 37.8 Å². The maximum Gasteiger partial charge on any atom is 0.178 e. The molecule has 0 amide bonds. The molecular weight excluding hydrogens is 317 g/mol. The van der Waals surface area contributed by atoms with Crippen LogP contribution >= 0.6 is 0 Å². The average Bonchev–Trinajstić information content (AvgIpc) is 2.93. The first-order valence-corrected chi connectivity index (χ1v) is 9.97. The van der Waals surface area contributed by atoms with Gasteiger partial charge in [0.2, 0.25) is 0 Å². The summed E-state index contributed by atoms with van der Waals surface area (Å²) in [5.74, 6) is -0.0376. The molecule has 1 saturated heterocycles. The van der Waals surface area contributed by atoms with Gasteiger partial charge in [0.05, 0.1) is 0 Å². The maximum atomic E-state index is 14.0. The molecule has 4 unspecified atom stereocenters. The Labute approximate surface area is 136 Å². The van der Waals surface area contributed by atoms with Gasteiger partial charge in [0.25, 0.3) is 0 Å². The second kappa shape index (κ2) is 6.47. The quantitative estimate of drug-likeness (QED) is 0.775. The van der Waals surface area contributed by atoms with Crippen molar-refractivity contribution >= 4 is 9.84 Å². The molecule has 5 nitrogen and oxygen atoms in total. The van der Waals surface area contributed by atoms with E-state index in [4.69, 9.17) is 0 Å². The van der Waals surface area contributed by atoms with Crippen molar-refractivity contribution in [2.75, 3.05) is 12.8 Å². The van der Waals surface area contributed by atoms with E-state index >= 15 is 0 Å². The maximum absolute atomic E-state index is 14.0. The van der Waals surface area contributed by atoms with Crippen molar-refractivity contribution in [3.05, 3.63) is 29.6 Å². The van der Waals surface area contributed by atoms with Crippen LogP contribution in [0, 0.1) is 11.7 Å². The fourth-order valence-corrected chi connectivity index (χ4v) is 4.42. The smallest absolute Gasteiger partial charge is 0.178 e. The van der Waals surface area contributed by atoms with Crippen LogP contribution < -0.4 is 16.2 Å². The predicted octanol–water partition coefficient (Wildman–Crippen LogP) is 1.52. The summed E-state index contributed by atoms with van der Waals surface area (Å²) >= 11 is 0. The van der Waals surface area contributed by atoms with Gasteiger partial charge in [0, 0.05) is 30.9 Å².